The molecule has 0 aliphatic carbocycles. The average molecular weight is 426 g/mol. The van der Waals surface area contributed by atoms with Gasteiger partial charge in [-0.05, 0) is 37.3 Å². The molecular formula is C20H31N3O5S. The molecule has 1 saturated heterocycles. The number of sulfonamides is 1. The second-order valence-corrected chi connectivity index (χ2v) is 9.53. The van der Waals surface area contributed by atoms with Crippen LogP contribution in [-0.4, -0.2) is 61.9 Å². The number of hydrogen-bond donors (Lipinski definition) is 3. The minimum atomic E-state index is -3.56. The summed E-state index contributed by atoms with van der Waals surface area (Å²) in [5, 5.41) is 14.4. The normalized spacial score (nSPS) is 17.1. The van der Waals surface area contributed by atoms with Gasteiger partial charge < -0.3 is 15.7 Å². The number of amides is 2. The second-order valence-electron chi connectivity index (χ2n) is 7.59. The molecule has 1 fully saturated rings. The Balaban J connectivity index is 1.92. The van der Waals surface area contributed by atoms with E-state index in [1.54, 1.807) is 30.3 Å². The van der Waals surface area contributed by atoms with E-state index >= 15 is 0 Å². The van der Waals surface area contributed by atoms with Crippen molar-refractivity contribution in [2.45, 2.75) is 44.0 Å². The predicted molar refractivity (Wildman–Crippen MR) is 109 cm³/mol. The van der Waals surface area contributed by atoms with E-state index in [9.17, 15) is 18.0 Å². The number of carbonyl (C=O) groups is 2. The molecule has 1 aliphatic heterocycles. The monoisotopic (exact) mass is 425 g/mol. The molecule has 1 atom stereocenters. The Morgan fingerprint density at radius 3 is 2.34 bits per heavy atom. The van der Waals surface area contributed by atoms with Gasteiger partial charge in [0.2, 0.25) is 21.8 Å². The number of carbonyl (C=O) groups excluding carboxylic acids is 2. The number of hydrogen-bond acceptors (Lipinski definition) is 5. The summed E-state index contributed by atoms with van der Waals surface area (Å²) in [4.78, 5) is 25.2. The number of rotatable bonds is 9. The molecule has 1 aromatic rings. The second kappa shape index (κ2) is 10.7. The van der Waals surface area contributed by atoms with Gasteiger partial charge >= 0.3 is 0 Å². The van der Waals surface area contributed by atoms with Crippen molar-refractivity contribution in [1.82, 2.24) is 14.9 Å². The first-order chi connectivity index (χ1) is 13.8. The third kappa shape index (κ3) is 6.25. The van der Waals surface area contributed by atoms with E-state index in [1.807, 2.05) is 13.8 Å². The van der Waals surface area contributed by atoms with Crippen LogP contribution < -0.4 is 10.6 Å². The quantitative estimate of drug-likeness (QED) is 0.505. The summed E-state index contributed by atoms with van der Waals surface area (Å²) in [5.41, 5.74) is 0. The Bertz CT molecular complexity index is 775. The zero-order valence-electron chi connectivity index (χ0n) is 17.0. The van der Waals surface area contributed by atoms with Gasteiger partial charge in [0.15, 0.2) is 0 Å². The summed E-state index contributed by atoms with van der Waals surface area (Å²) >= 11 is 0. The Hall–Kier alpha value is -1.97. The molecule has 0 saturated carbocycles. The van der Waals surface area contributed by atoms with Crippen molar-refractivity contribution < 1.29 is 23.1 Å². The van der Waals surface area contributed by atoms with E-state index in [0.29, 0.717) is 25.8 Å². The minimum absolute atomic E-state index is 0.0105. The molecule has 162 valence electrons. The van der Waals surface area contributed by atoms with Crippen LogP contribution in [-0.2, 0) is 19.6 Å². The Kier molecular flexibility index (Phi) is 8.60. The fourth-order valence-corrected chi connectivity index (χ4v) is 4.80. The van der Waals surface area contributed by atoms with Crippen LogP contribution in [0, 0.1) is 11.8 Å². The lowest BCUT2D eigenvalue weighted by Crippen LogP contribution is -2.52. The summed E-state index contributed by atoms with van der Waals surface area (Å²) in [6.45, 7) is 4.58. The topological polar surface area (TPSA) is 116 Å². The summed E-state index contributed by atoms with van der Waals surface area (Å²) in [6, 6.07) is 7.61. The van der Waals surface area contributed by atoms with E-state index < -0.39 is 16.1 Å². The molecule has 1 unspecified atom stereocenters. The maximum absolute atomic E-state index is 12.7. The first-order valence-electron chi connectivity index (χ1n) is 10.0. The van der Waals surface area contributed by atoms with Crippen LogP contribution in [0.5, 0.6) is 0 Å². The third-order valence-corrected chi connectivity index (χ3v) is 7.00. The standard InChI is InChI=1S/C20H31N3O5S/c1-15(2)18(20(26)21-11-6-14-24)22-19(25)16-9-12-23(13-10-16)29(27,28)17-7-4-3-5-8-17/h3-5,7-8,15-16,18,24H,6,9-14H2,1-2H3,(H,21,26)(H,22,25). The lowest BCUT2D eigenvalue weighted by Gasteiger charge is -2.32. The molecule has 0 spiro atoms. The van der Waals surface area contributed by atoms with Crippen molar-refractivity contribution >= 4 is 21.8 Å². The Morgan fingerprint density at radius 2 is 1.79 bits per heavy atom. The molecule has 2 rings (SSSR count). The van der Waals surface area contributed by atoms with E-state index in [2.05, 4.69) is 10.6 Å². The van der Waals surface area contributed by atoms with Crippen LogP contribution in [0.3, 0.4) is 0 Å². The van der Waals surface area contributed by atoms with Gasteiger partial charge in [0.1, 0.15) is 6.04 Å². The molecule has 8 nitrogen and oxygen atoms in total. The fourth-order valence-electron chi connectivity index (χ4n) is 3.31. The van der Waals surface area contributed by atoms with Crippen molar-refractivity contribution in [3.05, 3.63) is 30.3 Å². The average Bonchev–Trinajstić information content (AvgIpc) is 2.72. The third-order valence-electron chi connectivity index (χ3n) is 5.09. The van der Waals surface area contributed by atoms with Crippen LogP contribution in [0.2, 0.25) is 0 Å². The first-order valence-corrected chi connectivity index (χ1v) is 11.5. The van der Waals surface area contributed by atoms with Crippen LogP contribution in [0.25, 0.3) is 0 Å². The molecule has 2 amide bonds. The van der Waals surface area contributed by atoms with Crippen molar-refractivity contribution in [2.75, 3.05) is 26.2 Å². The van der Waals surface area contributed by atoms with Crippen molar-refractivity contribution in [1.29, 1.82) is 0 Å². The van der Waals surface area contributed by atoms with Crippen LogP contribution >= 0.6 is 0 Å². The maximum atomic E-state index is 12.7. The summed E-state index contributed by atoms with van der Waals surface area (Å²) in [6.07, 6.45) is 1.28. The molecule has 0 aromatic heterocycles. The van der Waals surface area contributed by atoms with Crippen molar-refractivity contribution in [2.24, 2.45) is 11.8 Å². The summed E-state index contributed by atoms with van der Waals surface area (Å²) < 4.78 is 26.8. The summed E-state index contributed by atoms with van der Waals surface area (Å²) in [5.74, 6) is -0.918. The predicted octanol–water partition coefficient (Wildman–Crippen LogP) is 0.727. The number of benzene rings is 1. The van der Waals surface area contributed by atoms with Gasteiger partial charge in [-0.1, -0.05) is 32.0 Å². The minimum Gasteiger partial charge on any atom is -0.396 e. The number of aliphatic hydroxyl groups excluding tert-OH is 1. The van der Waals surface area contributed by atoms with Gasteiger partial charge in [-0.2, -0.15) is 4.31 Å². The molecule has 0 radical (unpaired) electrons. The number of nitrogens with zero attached hydrogens (tertiary/aromatic N) is 1. The first kappa shape index (κ1) is 23.3. The molecule has 1 heterocycles. The van der Waals surface area contributed by atoms with Crippen LogP contribution in [0.1, 0.15) is 33.1 Å². The zero-order chi connectivity index (χ0) is 21.4. The molecular weight excluding hydrogens is 394 g/mol. The SMILES string of the molecule is CC(C)C(NC(=O)C1CCN(S(=O)(=O)c2ccccc2)CC1)C(=O)NCCCO. The number of aliphatic hydroxyl groups is 1. The highest BCUT2D eigenvalue weighted by Crippen LogP contribution is 2.24. The molecule has 29 heavy (non-hydrogen) atoms. The molecule has 1 aliphatic rings. The zero-order valence-corrected chi connectivity index (χ0v) is 17.8. The van der Waals surface area contributed by atoms with Crippen LogP contribution in [0.4, 0.5) is 0 Å². The van der Waals surface area contributed by atoms with Crippen molar-refractivity contribution in [3.63, 3.8) is 0 Å². The molecule has 1 aromatic carbocycles. The largest absolute Gasteiger partial charge is 0.396 e. The fraction of sp³-hybridized carbons (Fsp3) is 0.600. The van der Waals surface area contributed by atoms with Gasteiger partial charge in [-0.3, -0.25) is 9.59 Å². The van der Waals surface area contributed by atoms with Gasteiger partial charge in [0.05, 0.1) is 4.90 Å². The van der Waals surface area contributed by atoms with Crippen LogP contribution in [0.15, 0.2) is 35.2 Å². The number of piperidine rings is 1. The highest BCUT2D eigenvalue weighted by Gasteiger charge is 2.34. The van der Waals surface area contributed by atoms with E-state index in [-0.39, 0.29) is 48.2 Å². The smallest absolute Gasteiger partial charge is 0.243 e. The maximum Gasteiger partial charge on any atom is 0.243 e. The molecule has 3 N–H and O–H groups in total. The summed E-state index contributed by atoms with van der Waals surface area (Å²) in [7, 11) is -3.56. The van der Waals surface area contributed by atoms with E-state index in [0.717, 1.165) is 0 Å². The van der Waals surface area contributed by atoms with Gasteiger partial charge in [-0.15, -0.1) is 0 Å². The highest BCUT2D eigenvalue weighted by atomic mass is 32.2. The Morgan fingerprint density at radius 1 is 1.17 bits per heavy atom. The van der Waals surface area contributed by atoms with Gasteiger partial charge in [-0.25, -0.2) is 8.42 Å². The molecule has 9 heteroatoms. The van der Waals surface area contributed by atoms with Crippen molar-refractivity contribution in [3.8, 4) is 0 Å². The Labute approximate surface area is 172 Å². The molecule has 0 bridgehead atoms. The highest BCUT2D eigenvalue weighted by molar-refractivity contribution is 7.89. The van der Waals surface area contributed by atoms with E-state index in [4.69, 9.17) is 5.11 Å². The lowest BCUT2D eigenvalue weighted by molar-refractivity contribution is -0.132. The lowest BCUT2D eigenvalue weighted by atomic mass is 9.95. The van der Waals surface area contributed by atoms with Gasteiger partial charge in [0, 0.05) is 32.2 Å². The van der Waals surface area contributed by atoms with Gasteiger partial charge in [0.25, 0.3) is 0 Å². The number of nitrogens with one attached hydrogen (secondary N) is 2. The van der Waals surface area contributed by atoms with E-state index in [1.165, 1.54) is 4.31 Å².